The highest BCUT2D eigenvalue weighted by Gasteiger charge is 2.27. The molecule has 20 heavy (non-hydrogen) atoms. The molecule has 1 unspecified atom stereocenters. The number of carbonyl (C=O) groups is 1. The van der Waals surface area contributed by atoms with Crippen LogP contribution in [0.15, 0.2) is 18.3 Å². The Morgan fingerprint density at radius 3 is 3.00 bits per heavy atom. The van der Waals surface area contributed by atoms with E-state index in [1.807, 2.05) is 19.1 Å². The van der Waals surface area contributed by atoms with Gasteiger partial charge in [-0.25, -0.2) is 0 Å². The number of rotatable bonds is 4. The maximum absolute atomic E-state index is 11.8. The molecule has 1 fully saturated rings. The first kappa shape index (κ1) is 14.8. The van der Waals surface area contributed by atoms with E-state index in [4.69, 9.17) is 0 Å². The van der Waals surface area contributed by atoms with Gasteiger partial charge in [-0.1, -0.05) is 20.3 Å². The summed E-state index contributed by atoms with van der Waals surface area (Å²) in [5, 5.41) is 6.33. The Morgan fingerprint density at radius 2 is 2.30 bits per heavy atom. The quantitative estimate of drug-likeness (QED) is 0.887. The Morgan fingerprint density at radius 1 is 1.50 bits per heavy atom. The lowest BCUT2D eigenvalue weighted by molar-refractivity contribution is 0.0951. The molecule has 2 rings (SSSR count). The highest BCUT2D eigenvalue weighted by molar-refractivity contribution is 5.93. The SMILES string of the molecule is CCNC(=O)c1cc(NC2CCCC(C)(C)C2)ccn1. The van der Waals surface area contributed by atoms with E-state index >= 15 is 0 Å². The Hall–Kier alpha value is -1.58. The lowest BCUT2D eigenvalue weighted by Gasteiger charge is -2.36. The molecule has 1 saturated carbocycles. The molecule has 4 heteroatoms. The van der Waals surface area contributed by atoms with Crippen LogP contribution >= 0.6 is 0 Å². The molecular weight excluding hydrogens is 250 g/mol. The van der Waals surface area contributed by atoms with Crippen molar-refractivity contribution in [3.63, 3.8) is 0 Å². The van der Waals surface area contributed by atoms with Crippen LogP contribution in [0.3, 0.4) is 0 Å². The molecule has 0 saturated heterocycles. The molecule has 0 aromatic carbocycles. The largest absolute Gasteiger partial charge is 0.382 e. The molecule has 1 amide bonds. The van der Waals surface area contributed by atoms with Gasteiger partial charge in [-0.2, -0.15) is 0 Å². The topological polar surface area (TPSA) is 54.0 Å². The second-order valence-corrected chi connectivity index (χ2v) is 6.39. The molecule has 1 aromatic heterocycles. The molecule has 0 bridgehead atoms. The number of hydrogen-bond donors (Lipinski definition) is 2. The lowest BCUT2D eigenvalue weighted by atomic mass is 9.75. The van der Waals surface area contributed by atoms with Crippen molar-refractivity contribution in [2.45, 2.75) is 52.5 Å². The molecule has 110 valence electrons. The minimum Gasteiger partial charge on any atom is -0.382 e. The molecule has 4 nitrogen and oxygen atoms in total. The first-order valence-corrected chi connectivity index (χ1v) is 7.51. The van der Waals surface area contributed by atoms with Crippen molar-refractivity contribution in [2.24, 2.45) is 5.41 Å². The third-order valence-electron chi connectivity index (χ3n) is 3.91. The molecule has 2 N–H and O–H groups in total. The summed E-state index contributed by atoms with van der Waals surface area (Å²) in [6.45, 7) is 7.18. The normalized spacial score (nSPS) is 21.2. The Kier molecular flexibility index (Phi) is 4.63. The summed E-state index contributed by atoms with van der Waals surface area (Å²) in [5.41, 5.74) is 1.88. The predicted octanol–water partition coefficient (Wildman–Crippen LogP) is 3.21. The van der Waals surface area contributed by atoms with Gasteiger partial charge in [0.2, 0.25) is 0 Å². The van der Waals surface area contributed by atoms with E-state index < -0.39 is 0 Å². The summed E-state index contributed by atoms with van der Waals surface area (Å²) in [6, 6.07) is 4.26. The average molecular weight is 275 g/mol. The Labute approximate surface area is 121 Å². The first-order valence-electron chi connectivity index (χ1n) is 7.51. The monoisotopic (exact) mass is 275 g/mol. The van der Waals surface area contributed by atoms with E-state index in [9.17, 15) is 4.79 Å². The van der Waals surface area contributed by atoms with Gasteiger partial charge < -0.3 is 10.6 Å². The summed E-state index contributed by atoms with van der Waals surface area (Å²) >= 11 is 0. The van der Waals surface area contributed by atoms with E-state index in [1.165, 1.54) is 25.7 Å². The Bertz CT molecular complexity index is 471. The van der Waals surface area contributed by atoms with E-state index in [-0.39, 0.29) is 5.91 Å². The fourth-order valence-corrected chi connectivity index (χ4v) is 2.95. The zero-order valence-corrected chi connectivity index (χ0v) is 12.7. The van der Waals surface area contributed by atoms with Crippen LogP contribution in [0.1, 0.15) is 56.9 Å². The van der Waals surface area contributed by atoms with E-state index in [2.05, 4.69) is 29.5 Å². The number of hydrogen-bond acceptors (Lipinski definition) is 3. The van der Waals surface area contributed by atoms with Crippen molar-refractivity contribution >= 4 is 11.6 Å². The van der Waals surface area contributed by atoms with Crippen LogP contribution in [-0.4, -0.2) is 23.5 Å². The van der Waals surface area contributed by atoms with Gasteiger partial charge in [0.15, 0.2) is 0 Å². The maximum Gasteiger partial charge on any atom is 0.269 e. The van der Waals surface area contributed by atoms with Crippen LogP contribution in [0.2, 0.25) is 0 Å². The van der Waals surface area contributed by atoms with Crippen LogP contribution in [0.25, 0.3) is 0 Å². The van der Waals surface area contributed by atoms with E-state index in [1.54, 1.807) is 6.20 Å². The second-order valence-electron chi connectivity index (χ2n) is 6.39. The zero-order valence-electron chi connectivity index (χ0n) is 12.7. The molecule has 1 aliphatic rings. The summed E-state index contributed by atoms with van der Waals surface area (Å²) in [7, 11) is 0. The molecule has 0 radical (unpaired) electrons. The van der Waals surface area contributed by atoms with E-state index in [0.29, 0.717) is 23.7 Å². The highest BCUT2D eigenvalue weighted by atomic mass is 16.1. The van der Waals surface area contributed by atoms with Crippen molar-refractivity contribution in [1.29, 1.82) is 0 Å². The number of nitrogens with zero attached hydrogens (tertiary/aromatic N) is 1. The second kappa shape index (κ2) is 6.25. The van der Waals surface area contributed by atoms with Crippen molar-refractivity contribution in [1.82, 2.24) is 10.3 Å². The molecular formula is C16H25N3O. The van der Waals surface area contributed by atoms with Crippen LogP contribution in [0.5, 0.6) is 0 Å². The number of nitrogens with one attached hydrogen (secondary N) is 2. The van der Waals surface area contributed by atoms with Gasteiger partial charge in [0.1, 0.15) is 5.69 Å². The van der Waals surface area contributed by atoms with Crippen LogP contribution in [0.4, 0.5) is 5.69 Å². The van der Waals surface area contributed by atoms with Gasteiger partial charge in [0.25, 0.3) is 5.91 Å². The summed E-state index contributed by atoms with van der Waals surface area (Å²) in [5.74, 6) is -0.111. The lowest BCUT2D eigenvalue weighted by Crippen LogP contribution is -2.32. The summed E-state index contributed by atoms with van der Waals surface area (Å²) < 4.78 is 0. The molecule has 1 aliphatic carbocycles. The van der Waals surface area contributed by atoms with Crippen molar-refractivity contribution in [2.75, 3.05) is 11.9 Å². The fourth-order valence-electron chi connectivity index (χ4n) is 2.95. The van der Waals surface area contributed by atoms with E-state index in [0.717, 1.165) is 5.69 Å². The minimum atomic E-state index is -0.111. The standard InChI is InChI=1S/C16H25N3O/c1-4-17-15(20)14-10-12(7-9-18-14)19-13-6-5-8-16(2,3)11-13/h7,9-10,13H,4-6,8,11H2,1-3H3,(H,17,20)(H,18,19). The predicted molar refractivity (Wildman–Crippen MR) is 81.9 cm³/mol. The number of pyridine rings is 1. The van der Waals surface area contributed by atoms with Crippen LogP contribution in [0, 0.1) is 5.41 Å². The van der Waals surface area contributed by atoms with Crippen LogP contribution in [-0.2, 0) is 0 Å². The van der Waals surface area contributed by atoms with Crippen LogP contribution < -0.4 is 10.6 Å². The highest BCUT2D eigenvalue weighted by Crippen LogP contribution is 2.36. The van der Waals surface area contributed by atoms with Gasteiger partial charge in [-0.15, -0.1) is 0 Å². The molecule has 0 spiro atoms. The van der Waals surface area contributed by atoms with Gasteiger partial charge in [-0.3, -0.25) is 9.78 Å². The Balaban J connectivity index is 2.02. The smallest absolute Gasteiger partial charge is 0.269 e. The number of amides is 1. The van der Waals surface area contributed by atoms with Crippen molar-refractivity contribution in [3.8, 4) is 0 Å². The number of anilines is 1. The molecule has 1 heterocycles. The average Bonchev–Trinajstić information content (AvgIpc) is 2.38. The van der Waals surface area contributed by atoms with Crippen molar-refractivity contribution in [3.05, 3.63) is 24.0 Å². The molecule has 0 aliphatic heterocycles. The minimum absolute atomic E-state index is 0.111. The third-order valence-corrected chi connectivity index (χ3v) is 3.91. The summed E-state index contributed by atoms with van der Waals surface area (Å²) in [4.78, 5) is 15.9. The molecule has 1 aromatic rings. The zero-order chi connectivity index (χ0) is 14.6. The third kappa shape index (κ3) is 3.95. The molecule has 1 atom stereocenters. The first-order chi connectivity index (χ1) is 9.50. The maximum atomic E-state index is 11.8. The van der Waals surface area contributed by atoms with Gasteiger partial charge in [0.05, 0.1) is 0 Å². The summed E-state index contributed by atoms with van der Waals surface area (Å²) in [6.07, 6.45) is 6.62. The van der Waals surface area contributed by atoms with Gasteiger partial charge in [-0.05, 0) is 43.7 Å². The van der Waals surface area contributed by atoms with Crippen molar-refractivity contribution < 1.29 is 4.79 Å². The number of aromatic nitrogens is 1. The number of carbonyl (C=O) groups excluding carboxylic acids is 1. The van der Waals surface area contributed by atoms with Gasteiger partial charge in [0, 0.05) is 24.5 Å². The van der Waals surface area contributed by atoms with Gasteiger partial charge >= 0.3 is 0 Å². The fraction of sp³-hybridized carbons (Fsp3) is 0.625.